The van der Waals surface area contributed by atoms with Crippen LogP contribution >= 0.6 is 0 Å². The molecule has 1 aromatic carbocycles. The van der Waals surface area contributed by atoms with Crippen LogP contribution in [0, 0.1) is 11.3 Å². The monoisotopic (exact) mass is 198 g/mol. The van der Waals surface area contributed by atoms with Gasteiger partial charge < -0.3 is 4.74 Å². The van der Waals surface area contributed by atoms with Gasteiger partial charge in [-0.15, -0.1) is 0 Å². The van der Waals surface area contributed by atoms with Crippen LogP contribution < -0.4 is 4.74 Å². The van der Waals surface area contributed by atoms with Crippen molar-refractivity contribution in [1.29, 1.82) is 5.26 Å². The van der Waals surface area contributed by atoms with Crippen LogP contribution in [0.15, 0.2) is 30.5 Å². The summed E-state index contributed by atoms with van der Waals surface area (Å²) in [5.41, 5.74) is 0.800. The largest absolute Gasteiger partial charge is 0.497 e. The van der Waals surface area contributed by atoms with E-state index in [0.717, 1.165) is 22.2 Å². The van der Waals surface area contributed by atoms with Crippen molar-refractivity contribution in [2.75, 3.05) is 7.11 Å². The molecule has 74 valence electrons. The Balaban J connectivity index is 2.66. The minimum absolute atomic E-state index is 0.324. The van der Waals surface area contributed by atoms with Crippen LogP contribution in [0.5, 0.6) is 5.75 Å². The number of aromatic nitrogens is 1. The summed E-state index contributed by atoms with van der Waals surface area (Å²) in [6.45, 7) is 0. The topological polar surface area (TPSA) is 45.9 Å². The van der Waals surface area contributed by atoms with Crippen LogP contribution in [0.4, 0.5) is 0 Å². The molecular formula is C12H10N2O. The molecular weight excluding hydrogens is 188 g/mol. The summed E-state index contributed by atoms with van der Waals surface area (Å²) < 4.78 is 5.14. The fraction of sp³-hybridized carbons (Fsp3) is 0.167. The van der Waals surface area contributed by atoms with Crippen LogP contribution in [-0.2, 0) is 6.42 Å². The Morgan fingerprint density at radius 3 is 3.00 bits per heavy atom. The normalized spacial score (nSPS) is 9.87. The molecule has 0 aliphatic heterocycles. The number of benzene rings is 1. The molecule has 2 rings (SSSR count). The number of fused-ring (bicyclic) bond motifs is 1. The highest BCUT2D eigenvalue weighted by atomic mass is 16.5. The molecule has 0 atom stereocenters. The number of rotatable bonds is 2. The fourth-order valence-electron chi connectivity index (χ4n) is 1.55. The minimum Gasteiger partial charge on any atom is -0.497 e. The van der Waals surface area contributed by atoms with Gasteiger partial charge in [-0.2, -0.15) is 5.26 Å². The third-order valence-electron chi connectivity index (χ3n) is 2.30. The number of methoxy groups -OCH3 is 1. The number of nitrogens with zero attached hydrogens (tertiary/aromatic N) is 2. The van der Waals surface area contributed by atoms with E-state index in [1.165, 1.54) is 0 Å². The number of ether oxygens (including phenoxy) is 1. The second-order valence-electron chi connectivity index (χ2n) is 3.18. The van der Waals surface area contributed by atoms with E-state index in [1.54, 1.807) is 13.3 Å². The van der Waals surface area contributed by atoms with Crippen molar-refractivity contribution in [2.45, 2.75) is 6.42 Å². The molecule has 2 aromatic rings. The van der Waals surface area contributed by atoms with E-state index in [0.29, 0.717) is 6.42 Å². The van der Waals surface area contributed by atoms with Gasteiger partial charge in [0.15, 0.2) is 0 Å². The predicted molar refractivity (Wildman–Crippen MR) is 57.6 cm³/mol. The van der Waals surface area contributed by atoms with Crippen molar-refractivity contribution in [3.8, 4) is 11.8 Å². The van der Waals surface area contributed by atoms with Crippen LogP contribution in [0.3, 0.4) is 0 Å². The summed E-state index contributed by atoms with van der Waals surface area (Å²) in [7, 11) is 1.63. The van der Waals surface area contributed by atoms with E-state index in [2.05, 4.69) is 11.1 Å². The molecule has 0 unspecified atom stereocenters. The number of pyridine rings is 1. The van der Waals surface area contributed by atoms with Gasteiger partial charge in [-0.3, -0.25) is 4.98 Å². The SMILES string of the molecule is COc1ccc2ccnc(CC#N)c2c1. The Kier molecular flexibility index (Phi) is 2.51. The molecule has 0 amide bonds. The molecule has 0 saturated heterocycles. The summed E-state index contributed by atoms with van der Waals surface area (Å²) in [5, 5.41) is 10.7. The van der Waals surface area contributed by atoms with E-state index < -0.39 is 0 Å². The van der Waals surface area contributed by atoms with Crippen LogP contribution in [-0.4, -0.2) is 12.1 Å². The summed E-state index contributed by atoms with van der Waals surface area (Å²) in [6, 6.07) is 9.82. The van der Waals surface area contributed by atoms with Crippen molar-refractivity contribution in [3.63, 3.8) is 0 Å². The summed E-state index contributed by atoms with van der Waals surface area (Å²) in [6.07, 6.45) is 2.05. The maximum Gasteiger partial charge on any atom is 0.119 e. The fourth-order valence-corrected chi connectivity index (χ4v) is 1.55. The first-order valence-electron chi connectivity index (χ1n) is 4.63. The molecule has 3 nitrogen and oxygen atoms in total. The molecule has 0 radical (unpaired) electrons. The van der Waals surface area contributed by atoms with E-state index in [-0.39, 0.29) is 0 Å². The van der Waals surface area contributed by atoms with E-state index >= 15 is 0 Å². The van der Waals surface area contributed by atoms with Gasteiger partial charge in [0.2, 0.25) is 0 Å². The second-order valence-corrected chi connectivity index (χ2v) is 3.18. The van der Waals surface area contributed by atoms with Gasteiger partial charge in [-0.25, -0.2) is 0 Å². The zero-order valence-electron chi connectivity index (χ0n) is 8.40. The molecule has 0 aliphatic carbocycles. The maximum absolute atomic E-state index is 8.68. The van der Waals surface area contributed by atoms with E-state index in [4.69, 9.17) is 10.00 Å². The molecule has 15 heavy (non-hydrogen) atoms. The Labute approximate surface area is 87.9 Å². The second kappa shape index (κ2) is 3.97. The van der Waals surface area contributed by atoms with Gasteiger partial charge in [0.25, 0.3) is 0 Å². The lowest BCUT2D eigenvalue weighted by atomic mass is 10.1. The van der Waals surface area contributed by atoms with Crippen LogP contribution in [0.1, 0.15) is 5.69 Å². The molecule has 0 N–H and O–H groups in total. The van der Waals surface area contributed by atoms with Crippen molar-refractivity contribution in [3.05, 3.63) is 36.2 Å². The first-order valence-corrected chi connectivity index (χ1v) is 4.63. The Bertz CT molecular complexity index is 529. The average molecular weight is 198 g/mol. The molecule has 0 saturated carbocycles. The Hall–Kier alpha value is -2.08. The maximum atomic E-state index is 8.68. The molecule has 0 fully saturated rings. The van der Waals surface area contributed by atoms with Crippen LogP contribution in [0.25, 0.3) is 10.8 Å². The predicted octanol–water partition coefficient (Wildman–Crippen LogP) is 2.31. The average Bonchev–Trinajstić information content (AvgIpc) is 2.29. The lowest BCUT2D eigenvalue weighted by Gasteiger charge is -2.04. The Morgan fingerprint density at radius 1 is 1.40 bits per heavy atom. The molecule has 0 spiro atoms. The van der Waals surface area contributed by atoms with Gasteiger partial charge in [0, 0.05) is 11.6 Å². The number of hydrogen-bond acceptors (Lipinski definition) is 3. The van der Waals surface area contributed by atoms with E-state index in [9.17, 15) is 0 Å². The quantitative estimate of drug-likeness (QED) is 0.743. The van der Waals surface area contributed by atoms with Crippen LogP contribution in [0.2, 0.25) is 0 Å². The highest BCUT2D eigenvalue weighted by molar-refractivity contribution is 5.85. The van der Waals surface area contributed by atoms with Gasteiger partial charge in [0.1, 0.15) is 5.75 Å². The molecule has 3 heteroatoms. The molecule has 0 bridgehead atoms. The van der Waals surface area contributed by atoms with Gasteiger partial charge in [-0.1, -0.05) is 6.07 Å². The zero-order chi connectivity index (χ0) is 10.7. The summed E-state index contributed by atoms with van der Waals surface area (Å²) in [5.74, 6) is 0.787. The zero-order valence-corrected chi connectivity index (χ0v) is 8.40. The first kappa shape index (κ1) is 9.47. The minimum atomic E-state index is 0.324. The van der Waals surface area contributed by atoms with Gasteiger partial charge in [0.05, 0.1) is 25.3 Å². The lowest BCUT2D eigenvalue weighted by Crippen LogP contribution is -1.90. The van der Waals surface area contributed by atoms with Crippen molar-refractivity contribution in [2.24, 2.45) is 0 Å². The standard InChI is InChI=1S/C12H10N2O/c1-15-10-3-2-9-5-7-14-12(4-6-13)11(9)8-10/h2-3,5,7-8H,4H2,1H3. The first-order chi connectivity index (χ1) is 7.35. The smallest absolute Gasteiger partial charge is 0.119 e. The molecule has 1 aromatic heterocycles. The lowest BCUT2D eigenvalue weighted by molar-refractivity contribution is 0.415. The molecule has 0 aliphatic rings. The summed E-state index contributed by atoms with van der Waals surface area (Å²) in [4.78, 5) is 4.19. The highest BCUT2D eigenvalue weighted by Crippen LogP contribution is 2.22. The third-order valence-corrected chi connectivity index (χ3v) is 2.30. The van der Waals surface area contributed by atoms with Gasteiger partial charge in [-0.05, 0) is 23.6 Å². The van der Waals surface area contributed by atoms with Gasteiger partial charge >= 0.3 is 0 Å². The van der Waals surface area contributed by atoms with Crippen molar-refractivity contribution < 1.29 is 4.74 Å². The Morgan fingerprint density at radius 2 is 2.27 bits per heavy atom. The van der Waals surface area contributed by atoms with Crippen molar-refractivity contribution >= 4 is 10.8 Å². The number of nitriles is 1. The number of hydrogen-bond donors (Lipinski definition) is 0. The molecule has 1 heterocycles. The highest BCUT2D eigenvalue weighted by Gasteiger charge is 2.03. The van der Waals surface area contributed by atoms with E-state index in [1.807, 2.05) is 24.3 Å². The van der Waals surface area contributed by atoms with Crippen molar-refractivity contribution in [1.82, 2.24) is 4.98 Å². The third kappa shape index (κ3) is 1.75. The summed E-state index contributed by atoms with van der Waals surface area (Å²) >= 11 is 0.